The van der Waals surface area contributed by atoms with E-state index in [9.17, 15) is 19.5 Å². The summed E-state index contributed by atoms with van der Waals surface area (Å²) in [6, 6.07) is 15.0. The normalized spacial score (nSPS) is 19.7. The molecule has 0 radical (unpaired) electrons. The number of thiazole rings is 1. The largest absolute Gasteiger partial charge is 0.491 e. The van der Waals surface area contributed by atoms with Gasteiger partial charge in [-0.05, 0) is 67.2 Å². The average molecular weight is 748 g/mol. The molecular weight excluding hydrogens is 699 g/mol. The minimum Gasteiger partial charge on any atom is -0.491 e. The van der Waals surface area contributed by atoms with Gasteiger partial charge in [-0.3, -0.25) is 23.9 Å². The summed E-state index contributed by atoms with van der Waals surface area (Å²) >= 11 is 7.92. The molecule has 0 spiro atoms. The van der Waals surface area contributed by atoms with Crippen LogP contribution in [0.15, 0.2) is 47.3 Å². The Morgan fingerprint density at radius 1 is 0.961 bits per heavy atom. The molecule has 1 N–H and O–H groups in total. The number of amides is 1. The SMILES string of the molecule is CCCCCCCCN1C(=O)/C(=c2\s/c(=C\c3ccc4c(c3)C3CCCC3N4c3ccccc3OCCCCCC)c(=O)n2CC(=O)O)SC1=S. The van der Waals surface area contributed by atoms with Gasteiger partial charge < -0.3 is 14.7 Å². The summed E-state index contributed by atoms with van der Waals surface area (Å²) < 4.78 is 8.77. The Morgan fingerprint density at radius 3 is 2.49 bits per heavy atom. The van der Waals surface area contributed by atoms with Crippen molar-refractivity contribution in [1.29, 1.82) is 0 Å². The molecule has 8 nitrogen and oxygen atoms in total. The third kappa shape index (κ3) is 8.31. The molecule has 1 amide bonds. The monoisotopic (exact) mass is 747 g/mol. The second-order valence-corrected chi connectivity index (χ2v) is 16.5. The van der Waals surface area contributed by atoms with E-state index in [0.29, 0.717) is 43.5 Å². The lowest BCUT2D eigenvalue weighted by Crippen LogP contribution is -2.35. The number of nitrogens with zero attached hydrogens (tertiary/aromatic N) is 3. The Hall–Kier alpha value is -3.41. The van der Waals surface area contributed by atoms with Crippen molar-refractivity contribution >= 4 is 73.9 Å². The molecule has 3 aromatic rings. The summed E-state index contributed by atoms with van der Waals surface area (Å²) in [5, 5.41) is 9.73. The minimum atomic E-state index is -1.14. The lowest BCUT2D eigenvalue weighted by molar-refractivity contribution is -0.137. The van der Waals surface area contributed by atoms with Crippen LogP contribution < -0.4 is 24.4 Å². The van der Waals surface area contributed by atoms with Gasteiger partial charge in [-0.25, -0.2) is 0 Å². The smallest absolute Gasteiger partial charge is 0.323 e. The number of carbonyl (C=O) groups excluding carboxylic acids is 1. The van der Waals surface area contributed by atoms with Gasteiger partial charge in [-0.1, -0.05) is 114 Å². The number of hydrogen-bond donors (Lipinski definition) is 1. The van der Waals surface area contributed by atoms with Gasteiger partial charge >= 0.3 is 5.97 Å². The third-order valence-corrected chi connectivity index (χ3v) is 12.9. The van der Waals surface area contributed by atoms with Crippen LogP contribution in [-0.2, 0) is 16.1 Å². The van der Waals surface area contributed by atoms with Crippen LogP contribution in [0.5, 0.6) is 5.75 Å². The van der Waals surface area contributed by atoms with Gasteiger partial charge in [0.1, 0.15) is 26.2 Å². The summed E-state index contributed by atoms with van der Waals surface area (Å²) in [6.45, 7) is 5.10. The Balaban J connectivity index is 1.31. The molecule has 2 aliphatic heterocycles. The van der Waals surface area contributed by atoms with Crippen molar-refractivity contribution < 1.29 is 19.4 Å². The van der Waals surface area contributed by atoms with Crippen LogP contribution in [0, 0.1) is 0 Å². The molecule has 1 saturated heterocycles. The fourth-order valence-corrected chi connectivity index (χ4v) is 10.2. The number of aliphatic carboxylic acids is 1. The number of benzene rings is 2. The van der Waals surface area contributed by atoms with E-state index in [0.717, 1.165) is 73.7 Å². The van der Waals surface area contributed by atoms with Crippen LogP contribution in [0.1, 0.15) is 114 Å². The molecule has 6 rings (SSSR count). The number of thioether (sulfide) groups is 1. The number of para-hydroxylation sites is 2. The fourth-order valence-electron chi connectivity index (χ4n) is 7.66. The van der Waals surface area contributed by atoms with Crippen molar-refractivity contribution in [3.63, 3.8) is 0 Å². The maximum absolute atomic E-state index is 13.8. The number of rotatable bonds is 17. The van der Waals surface area contributed by atoms with Gasteiger partial charge in [-0.2, -0.15) is 0 Å². The van der Waals surface area contributed by atoms with Crippen LogP contribution in [0.25, 0.3) is 11.0 Å². The molecule has 3 heterocycles. The zero-order valence-electron chi connectivity index (χ0n) is 29.7. The van der Waals surface area contributed by atoms with Crippen molar-refractivity contribution in [1.82, 2.24) is 9.47 Å². The lowest BCUT2D eigenvalue weighted by atomic mass is 9.96. The standard InChI is InChI=1S/C40H49N3O5S3/c1-3-5-7-9-10-13-22-41-38(47)36(51-40(41)49)39-42(26-35(44)45)37(46)34(50-39)25-27-20-21-31-29(24-27)28-16-15-18-30(28)43(31)32-17-11-12-19-33(32)48-23-14-8-6-4-2/h11-12,17,19-21,24-25,28,30H,3-10,13-16,18,22-23,26H2,1-2H3,(H,44,45)/b34-25-,39-36+. The quantitative estimate of drug-likeness (QED) is 0.110. The molecule has 2 atom stereocenters. The maximum Gasteiger partial charge on any atom is 0.323 e. The van der Waals surface area contributed by atoms with E-state index < -0.39 is 18.1 Å². The summed E-state index contributed by atoms with van der Waals surface area (Å²) in [4.78, 5) is 43.7. The first-order valence-electron chi connectivity index (χ1n) is 18.7. The molecular formula is C40H49N3O5S3. The van der Waals surface area contributed by atoms with Gasteiger partial charge in [-0.15, -0.1) is 11.3 Å². The molecule has 51 heavy (non-hydrogen) atoms. The topological polar surface area (TPSA) is 92.1 Å². The number of unbranched alkanes of at least 4 members (excludes halogenated alkanes) is 8. The molecule has 2 fully saturated rings. The van der Waals surface area contributed by atoms with E-state index >= 15 is 0 Å². The first kappa shape index (κ1) is 37.4. The highest BCUT2D eigenvalue weighted by Crippen LogP contribution is 2.54. The van der Waals surface area contributed by atoms with Crippen molar-refractivity contribution in [2.24, 2.45) is 0 Å². The lowest BCUT2D eigenvalue weighted by Gasteiger charge is -2.29. The van der Waals surface area contributed by atoms with E-state index in [1.165, 1.54) is 65.7 Å². The van der Waals surface area contributed by atoms with E-state index in [1.54, 1.807) is 4.90 Å². The number of carboxylic acid groups (broad SMARTS) is 1. The number of hydrogen-bond acceptors (Lipinski definition) is 8. The van der Waals surface area contributed by atoms with Crippen molar-refractivity contribution in [3.05, 3.63) is 73.1 Å². The number of carbonyl (C=O) groups is 2. The van der Waals surface area contributed by atoms with E-state index in [-0.39, 0.29) is 5.91 Å². The second-order valence-electron chi connectivity index (χ2n) is 13.8. The highest BCUT2D eigenvalue weighted by Gasteiger charge is 2.43. The van der Waals surface area contributed by atoms with Gasteiger partial charge in [0, 0.05) is 24.2 Å². The molecule has 3 aliphatic rings. The Morgan fingerprint density at radius 2 is 1.71 bits per heavy atom. The minimum absolute atomic E-state index is 0.249. The molecule has 2 unspecified atom stereocenters. The van der Waals surface area contributed by atoms with Gasteiger partial charge in [0.05, 0.1) is 16.8 Å². The maximum atomic E-state index is 13.8. The zero-order chi connectivity index (χ0) is 35.9. The van der Waals surface area contributed by atoms with E-state index in [4.69, 9.17) is 17.0 Å². The fraction of sp³-hybridized carbons (Fsp3) is 0.500. The number of anilines is 2. The predicted molar refractivity (Wildman–Crippen MR) is 213 cm³/mol. The van der Waals surface area contributed by atoms with Crippen LogP contribution in [0.2, 0.25) is 0 Å². The van der Waals surface area contributed by atoms with Crippen molar-refractivity contribution in [3.8, 4) is 5.75 Å². The van der Waals surface area contributed by atoms with E-state index in [1.807, 2.05) is 18.2 Å². The van der Waals surface area contributed by atoms with Crippen LogP contribution in [-0.4, -0.2) is 50.0 Å². The predicted octanol–water partition coefficient (Wildman–Crippen LogP) is 7.90. The summed E-state index contributed by atoms with van der Waals surface area (Å²) in [5.74, 6) is -0.105. The Kier molecular flexibility index (Phi) is 12.7. The highest BCUT2D eigenvalue weighted by molar-refractivity contribution is 8.30. The van der Waals surface area contributed by atoms with Gasteiger partial charge in [0.15, 0.2) is 0 Å². The Labute approximate surface area is 314 Å². The van der Waals surface area contributed by atoms with Crippen LogP contribution in [0.3, 0.4) is 0 Å². The first-order chi connectivity index (χ1) is 24.8. The van der Waals surface area contributed by atoms with E-state index in [2.05, 4.69) is 49.1 Å². The molecule has 1 saturated carbocycles. The average Bonchev–Trinajstić information content (AvgIpc) is 3.86. The summed E-state index contributed by atoms with van der Waals surface area (Å²) in [7, 11) is 0. The molecule has 1 aliphatic carbocycles. The molecule has 2 aromatic carbocycles. The summed E-state index contributed by atoms with van der Waals surface area (Å²) in [6.07, 6.45) is 16.4. The number of carboxylic acids is 1. The Bertz CT molecular complexity index is 1940. The number of fused-ring (bicyclic) bond motifs is 3. The third-order valence-electron chi connectivity index (χ3n) is 10.2. The van der Waals surface area contributed by atoms with Crippen LogP contribution >= 0.6 is 35.3 Å². The molecule has 272 valence electrons. The zero-order valence-corrected chi connectivity index (χ0v) is 32.2. The highest BCUT2D eigenvalue weighted by atomic mass is 32.2. The number of thiocarbonyl (C=S) groups is 1. The molecule has 0 bridgehead atoms. The molecule has 11 heteroatoms. The first-order valence-corrected chi connectivity index (χ1v) is 20.7. The molecule has 1 aromatic heterocycles. The van der Waals surface area contributed by atoms with Gasteiger partial charge in [0.2, 0.25) is 0 Å². The van der Waals surface area contributed by atoms with Gasteiger partial charge in [0.25, 0.3) is 11.5 Å². The van der Waals surface area contributed by atoms with Crippen molar-refractivity contribution in [2.75, 3.05) is 18.1 Å². The second kappa shape index (κ2) is 17.4. The van der Waals surface area contributed by atoms with Crippen LogP contribution in [0.4, 0.5) is 11.4 Å². The summed E-state index contributed by atoms with van der Waals surface area (Å²) in [5.41, 5.74) is 3.99. The van der Waals surface area contributed by atoms with Crippen molar-refractivity contribution in [2.45, 2.75) is 116 Å². The number of aromatic nitrogens is 1. The number of ether oxygens (including phenoxy) is 1.